The molecule has 0 radical (unpaired) electrons. The van der Waals surface area contributed by atoms with Crippen molar-refractivity contribution in [1.82, 2.24) is 10.6 Å². The smallest absolute Gasteiger partial charge is 0.129 e. The van der Waals surface area contributed by atoms with Crippen LogP contribution in [0.1, 0.15) is 26.3 Å². The van der Waals surface area contributed by atoms with E-state index in [4.69, 9.17) is 11.6 Å². The van der Waals surface area contributed by atoms with Gasteiger partial charge in [0.25, 0.3) is 0 Å². The van der Waals surface area contributed by atoms with E-state index in [1.807, 2.05) is 0 Å². The number of halogens is 2. The van der Waals surface area contributed by atoms with Gasteiger partial charge in [0.2, 0.25) is 0 Å². The SMILES string of the molecule is CC(C)CNCC(C)NCc1ccc(Cl)cc1F. The number of rotatable bonds is 7. The molecule has 0 fully saturated rings. The van der Waals surface area contributed by atoms with E-state index in [0.29, 0.717) is 29.1 Å². The molecular formula is C14H22ClFN2. The quantitative estimate of drug-likeness (QED) is 0.797. The van der Waals surface area contributed by atoms with Crippen LogP contribution >= 0.6 is 11.6 Å². The Morgan fingerprint density at radius 2 is 1.94 bits per heavy atom. The summed E-state index contributed by atoms with van der Waals surface area (Å²) in [4.78, 5) is 0. The fraction of sp³-hybridized carbons (Fsp3) is 0.571. The highest BCUT2D eigenvalue weighted by Gasteiger charge is 2.05. The van der Waals surface area contributed by atoms with Crippen molar-refractivity contribution >= 4 is 11.6 Å². The first-order valence-corrected chi connectivity index (χ1v) is 6.75. The molecule has 18 heavy (non-hydrogen) atoms. The summed E-state index contributed by atoms with van der Waals surface area (Å²) in [7, 11) is 0. The lowest BCUT2D eigenvalue weighted by Crippen LogP contribution is -2.37. The Morgan fingerprint density at radius 3 is 2.56 bits per heavy atom. The van der Waals surface area contributed by atoms with Crippen LogP contribution in [-0.2, 0) is 6.54 Å². The summed E-state index contributed by atoms with van der Waals surface area (Å²) in [6, 6.07) is 5.08. The average Bonchev–Trinajstić information content (AvgIpc) is 2.27. The van der Waals surface area contributed by atoms with E-state index >= 15 is 0 Å². The molecule has 0 bridgehead atoms. The Bertz CT molecular complexity index is 369. The predicted molar refractivity (Wildman–Crippen MR) is 75.4 cm³/mol. The van der Waals surface area contributed by atoms with Crippen LogP contribution in [0.3, 0.4) is 0 Å². The van der Waals surface area contributed by atoms with Crippen molar-refractivity contribution in [1.29, 1.82) is 0 Å². The molecule has 0 amide bonds. The number of benzene rings is 1. The minimum absolute atomic E-state index is 0.252. The molecule has 2 nitrogen and oxygen atoms in total. The van der Waals surface area contributed by atoms with E-state index in [2.05, 4.69) is 31.4 Å². The average molecular weight is 273 g/mol. The van der Waals surface area contributed by atoms with Gasteiger partial charge >= 0.3 is 0 Å². The molecule has 0 spiro atoms. The minimum Gasteiger partial charge on any atom is -0.315 e. The minimum atomic E-state index is -0.252. The van der Waals surface area contributed by atoms with Crippen molar-refractivity contribution in [3.05, 3.63) is 34.6 Å². The summed E-state index contributed by atoms with van der Waals surface area (Å²) in [5, 5.41) is 7.09. The molecule has 0 heterocycles. The van der Waals surface area contributed by atoms with Crippen LogP contribution in [-0.4, -0.2) is 19.1 Å². The van der Waals surface area contributed by atoms with Crippen molar-refractivity contribution in [2.75, 3.05) is 13.1 Å². The molecule has 0 saturated carbocycles. The van der Waals surface area contributed by atoms with Gasteiger partial charge in [-0.15, -0.1) is 0 Å². The van der Waals surface area contributed by atoms with E-state index in [0.717, 1.165) is 13.1 Å². The van der Waals surface area contributed by atoms with E-state index in [1.165, 1.54) is 6.07 Å². The number of nitrogens with one attached hydrogen (secondary N) is 2. The van der Waals surface area contributed by atoms with Crippen LogP contribution < -0.4 is 10.6 Å². The van der Waals surface area contributed by atoms with Crippen LogP contribution in [0, 0.1) is 11.7 Å². The van der Waals surface area contributed by atoms with Crippen LogP contribution in [0.4, 0.5) is 4.39 Å². The van der Waals surface area contributed by atoms with Crippen LogP contribution in [0.2, 0.25) is 5.02 Å². The summed E-state index contributed by atoms with van der Waals surface area (Å²) < 4.78 is 13.5. The highest BCUT2D eigenvalue weighted by molar-refractivity contribution is 6.30. The highest BCUT2D eigenvalue weighted by Crippen LogP contribution is 2.14. The van der Waals surface area contributed by atoms with E-state index < -0.39 is 0 Å². The Hall–Kier alpha value is -0.640. The third-order valence-electron chi connectivity index (χ3n) is 2.66. The van der Waals surface area contributed by atoms with Gasteiger partial charge in [-0.1, -0.05) is 31.5 Å². The highest BCUT2D eigenvalue weighted by atomic mass is 35.5. The van der Waals surface area contributed by atoms with Crippen LogP contribution in [0.25, 0.3) is 0 Å². The molecule has 1 aromatic carbocycles. The molecule has 0 saturated heterocycles. The van der Waals surface area contributed by atoms with Crippen molar-refractivity contribution in [2.45, 2.75) is 33.4 Å². The molecule has 0 aromatic heterocycles. The summed E-state index contributed by atoms with van der Waals surface area (Å²) in [6.07, 6.45) is 0. The van der Waals surface area contributed by atoms with Gasteiger partial charge in [-0.05, 0) is 31.5 Å². The van der Waals surface area contributed by atoms with Gasteiger partial charge in [0.15, 0.2) is 0 Å². The molecule has 4 heteroatoms. The van der Waals surface area contributed by atoms with Gasteiger partial charge in [0, 0.05) is 29.7 Å². The van der Waals surface area contributed by atoms with Crippen LogP contribution in [0.5, 0.6) is 0 Å². The molecule has 0 aliphatic carbocycles. The lowest BCUT2D eigenvalue weighted by atomic mass is 10.2. The lowest BCUT2D eigenvalue weighted by molar-refractivity contribution is 0.467. The number of hydrogen-bond acceptors (Lipinski definition) is 2. The standard InChI is InChI=1S/C14H22ClFN2/c1-10(2)7-17-8-11(3)18-9-12-4-5-13(15)6-14(12)16/h4-6,10-11,17-18H,7-9H2,1-3H3. The first-order chi connectivity index (χ1) is 8.49. The van der Waals surface area contributed by atoms with Gasteiger partial charge in [0.05, 0.1) is 0 Å². The van der Waals surface area contributed by atoms with E-state index in [9.17, 15) is 4.39 Å². The molecule has 2 N–H and O–H groups in total. The summed E-state index contributed by atoms with van der Waals surface area (Å²) in [5.41, 5.74) is 0.648. The van der Waals surface area contributed by atoms with Gasteiger partial charge in [0.1, 0.15) is 5.82 Å². The molecule has 0 aliphatic rings. The maximum atomic E-state index is 13.5. The van der Waals surface area contributed by atoms with Crippen molar-refractivity contribution in [2.24, 2.45) is 5.92 Å². The monoisotopic (exact) mass is 272 g/mol. The summed E-state index contributed by atoms with van der Waals surface area (Å²) in [5.74, 6) is 0.392. The summed E-state index contributed by atoms with van der Waals surface area (Å²) >= 11 is 5.71. The second-order valence-electron chi connectivity index (χ2n) is 5.07. The fourth-order valence-corrected chi connectivity index (χ4v) is 1.77. The Morgan fingerprint density at radius 1 is 1.22 bits per heavy atom. The Kier molecular flexibility index (Phi) is 6.61. The van der Waals surface area contributed by atoms with Crippen molar-refractivity contribution in [3.8, 4) is 0 Å². The summed E-state index contributed by atoms with van der Waals surface area (Å²) in [6.45, 7) is 8.84. The zero-order valence-corrected chi connectivity index (χ0v) is 12.0. The Balaban J connectivity index is 2.31. The third kappa shape index (κ3) is 5.80. The van der Waals surface area contributed by atoms with Gasteiger partial charge in [-0.25, -0.2) is 4.39 Å². The predicted octanol–water partition coefficient (Wildman–Crippen LogP) is 3.20. The van der Waals surface area contributed by atoms with Crippen molar-refractivity contribution in [3.63, 3.8) is 0 Å². The molecule has 1 rings (SSSR count). The second-order valence-corrected chi connectivity index (χ2v) is 5.51. The molecule has 1 atom stereocenters. The molecule has 1 unspecified atom stereocenters. The van der Waals surface area contributed by atoms with Gasteiger partial charge in [-0.3, -0.25) is 0 Å². The first-order valence-electron chi connectivity index (χ1n) is 6.37. The maximum Gasteiger partial charge on any atom is 0.129 e. The Labute approximate surface area is 114 Å². The first kappa shape index (κ1) is 15.4. The van der Waals surface area contributed by atoms with Crippen molar-refractivity contribution < 1.29 is 4.39 Å². The van der Waals surface area contributed by atoms with Gasteiger partial charge in [-0.2, -0.15) is 0 Å². The largest absolute Gasteiger partial charge is 0.315 e. The zero-order valence-electron chi connectivity index (χ0n) is 11.3. The fourth-order valence-electron chi connectivity index (χ4n) is 1.61. The second kappa shape index (κ2) is 7.72. The van der Waals surface area contributed by atoms with E-state index in [1.54, 1.807) is 12.1 Å². The molecule has 0 aliphatic heterocycles. The molecule has 102 valence electrons. The number of hydrogen-bond donors (Lipinski definition) is 2. The normalized spacial score (nSPS) is 13.0. The lowest BCUT2D eigenvalue weighted by Gasteiger charge is -2.16. The third-order valence-corrected chi connectivity index (χ3v) is 2.89. The topological polar surface area (TPSA) is 24.1 Å². The molecular weight excluding hydrogens is 251 g/mol. The molecule has 1 aromatic rings. The van der Waals surface area contributed by atoms with E-state index in [-0.39, 0.29) is 5.82 Å². The van der Waals surface area contributed by atoms with Gasteiger partial charge < -0.3 is 10.6 Å². The van der Waals surface area contributed by atoms with Crippen LogP contribution in [0.15, 0.2) is 18.2 Å². The maximum absolute atomic E-state index is 13.5. The zero-order chi connectivity index (χ0) is 13.5.